The van der Waals surface area contributed by atoms with Gasteiger partial charge in [-0.15, -0.1) is 0 Å². The van der Waals surface area contributed by atoms with Gasteiger partial charge in [0.05, 0.1) is 11.7 Å². The van der Waals surface area contributed by atoms with Crippen LogP contribution in [-0.4, -0.2) is 31.5 Å². The Kier molecular flexibility index (Phi) is 6.58. The fourth-order valence-corrected chi connectivity index (χ4v) is 2.56. The molecule has 0 saturated heterocycles. The van der Waals surface area contributed by atoms with E-state index in [2.05, 4.69) is 42.2 Å². The van der Waals surface area contributed by atoms with Crippen LogP contribution in [0.15, 0.2) is 21.2 Å². The Bertz CT molecular complexity index is 359. The van der Waals surface area contributed by atoms with Crippen molar-refractivity contribution in [1.82, 2.24) is 10.3 Å². The van der Waals surface area contributed by atoms with E-state index in [-0.39, 0.29) is 12.3 Å². The second-order valence-corrected chi connectivity index (χ2v) is 5.36. The van der Waals surface area contributed by atoms with Gasteiger partial charge in [-0.05, 0) is 44.8 Å². The molecule has 0 aliphatic carbocycles. The number of methoxy groups -OCH3 is 2. The van der Waals surface area contributed by atoms with Crippen LogP contribution in [-0.2, 0) is 16.0 Å². The number of nitrogens with one attached hydrogen (secondary N) is 1. The topological polar surface area (TPSA) is 43.4 Å². The molecular weight excluding hydrogens is 352 g/mol. The lowest BCUT2D eigenvalue weighted by atomic mass is 10.3. The molecule has 0 bridgehead atoms. The van der Waals surface area contributed by atoms with Crippen LogP contribution < -0.4 is 5.32 Å². The fourth-order valence-electron chi connectivity index (χ4n) is 1.43. The Morgan fingerprint density at radius 3 is 2.53 bits per heavy atom. The third kappa shape index (κ3) is 4.63. The zero-order chi connectivity index (χ0) is 12.8. The summed E-state index contributed by atoms with van der Waals surface area (Å²) in [4.78, 5) is 4.32. The van der Waals surface area contributed by atoms with Crippen LogP contribution in [0.1, 0.15) is 12.6 Å². The molecule has 0 radical (unpaired) electrons. The molecule has 1 rings (SSSR count). The normalized spacial score (nSPS) is 13.1. The van der Waals surface area contributed by atoms with Gasteiger partial charge in [0, 0.05) is 35.9 Å². The maximum atomic E-state index is 5.17. The summed E-state index contributed by atoms with van der Waals surface area (Å²) in [6, 6.07) is 2.06. The van der Waals surface area contributed by atoms with Crippen molar-refractivity contribution in [2.45, 2.75) is 25.8 Å². The third-order valence-electron chi connectivity index (χ3n) is 2.35. The largest absolute Gasteiger partial charge is 0.354 e. The minimum Gasteiger partial charge on any atom is -0.354 e. The highest BCUT2D eigenvalue weighted by Crippen LogP contribution is 2.19. The van der Waals surface area contributed by atoms with E-state index >= 15 is 0 Å². The van der Waals surface area contributed by atoms with Crippen molar-refractivity contribution < 1.29 is 9.47 Å². The van der Waals surface area contributed by atoms with Crippen molar-refractivity contribution in [3.63, 3.8) is 0 Å². The number of ether oxygens (including phenoxy) is 2. The molecule has 6 heteroatoms. The summed E-state index contributed by atoms with van der Waals surface area (Å²) in [5.74, 6) is 0. The SMILES string of the molecule is COC(OC)C(C)NCc1ncc(Br)cc1Br. The molecule has 96 valence electrons. The first-order valence-electron chi connectivity index (χ1n) is 5.17. The molecule has 1 aromatic rings. The molecule has 1 heterocycles. The average molecular weight is 368 g/mol. The fraction of sp³-hybridized carbons (Fsp3) is 0.545. The molecule has 0 aliphatic heterocycles. The van der Waals surface area contributed by atoms with E-state index in [1.54, 1.807) is 20.4 Å². The molecule has 0 aromatic carbocycles. The van der Waals surface area contributed by atoms with E-state index in [0.29, 0.717) is 6.54 Å². The molecule has 1 atom stereocenters. The van der Waals surface area contributed by atoms with E-state index in [4.69, 9.17) is 9.47 Å². The average Bonchev–Trinajstić information content (AvgIpc) is 2.29. The Labute approximate surface area is 118 Å². The quantitative estimate of drug-likeness (QED) is 0.785. The smallest absolute Gasteiger partial charge is 0.171 e. The van der Waals surface area contributed by atoms with Crippen LogP contribution in [0.5, 0.6) is 0 Å². The summed E-state index contributed by atoms with van der Waals surface area (Å²) < 4.78 is 12.3. The van der Waals surface area contributed by atoms with Gasteiger partial charge in [0.1, 0.15) is 0 Å². The van der Waals surface area contributed by atoms with Gasteiger partial charge >= 0.3 is 0 Å². The van der Waals surface area contributed by atoms with Crippen molar-refractivity contribution in [1.29, 1.82) is 0 Å². The van der Waals surface area contributed by atoms with Crippen LogP contribution >= 0.6 is 31.9 Å². The summed E-state index contributed by atoms with van der Waals surface area (Å²) in [6.07, 6.45) is 1.51. The molecule has 1 N–H and O–H groups in total. The minimum atomic E-state index is -0.260. The number of pyridine rings is 1. The predicted octanol–water partition coefficient (Wildman–Crippen LogP) is 2.70. The highest BCUT2D eigenvalue weighted by molar-refractivity contribution is 9.11. The maximum absolute atomic E-state index is 5.17. The van der Waals surface area contributed by atoms with Gasteiger partial charge in [-0.2, -0.15) is 0 Å². The lowest BCUT2D eigenvalue weighted by Crippen LogP contribution is -2.39. The van der Waals surface area contributed by atoms with Crippen LogP contribution in [0.2, 0.25) is 0 Å². The van der Waals surface area contributed by atoms with Crippen molar-refractivity contribution in [2.24, 2.45) is 0 Å². The highest BCUT2D eigenvalue weighted by atomic mass is 79.9. The number of hydrogen-bond donors (Lipinski definition) is 1. The van der Waals surface area contributed by atoms with Gasteiger partial charge in [-0.25, -0.2) is 0 Å². The molecule has 0 amide bonds. The van der Waals surface area contributed by atoms with E-state index in [9.17, 15) is 0 Å². The predicted molar refractivity (Wildman–Crippen MR) is 73.7 cm³/mol. The second-order valence-electron chi connectivity index (χ2n) is 3.59. The van der Waals surface area contributed by atoms with Crippen molar-refractivity contribution in [3.05, 3.63) is 26.9 Å². The van der Waals surface area contributed by atoms with Crippen LogP contribution in [0.4, 0.5) is 0 Å². The summed E-state index contributed by atoms with van der Waals surface area (Å²) in [5.41, 5.74) is 0.950. The Balaban J connectivity index is 2.55. The Morgan fingerprint density at radius 1 is 1.35 bits per heavy atom. The summed E-state index contributed by atoms with van der Waals surface area (Å²) in [6.45, 7) is 2.66. The van der Waals surface area contributed by atoms with Crippen molar-refractivity contribution >= 4 is 31.9 Å². The molecule has 1 aromatic heterocycles. The molecule has 0 fully saturated rings. The zero-order valence-corrected chi connectivity index (χ0v) is 13.2. The van der Waals surface area contributed by atoms with Gasteiger partial charge in [-0.1, -0.05) is 0 Å². The standard InChI is InChI=1S/C11H16Br2N2O2/c1-7(11(16-2)17-3)14-6-10-9(13)4-8(12)5-15-10/h4-5,7,11,14H,6H2,1-3H3. The lowest BCUT2D eigenvalue weighted by Gasteiger charge is -2.22. The molecule has 17 heavy (non-hydrogen) atoms. The number of rotatable bonds is 6. The first-order valence-corrected chi connectivity index (χ1v) is 6.76. The van der Waals surface area contributed by atoms with Crippen molar-refractivity contribution in [3.8, 4) is 0 Å². The number of halogens is 2. The molecule has 0 spiro atoms. The number of hydrogen-bond acceptors (Lipinski definition) is 4. The van der Waals surface area contributed by atoms with Crippen LogP contribution in [0.3, 0.4) is 0 Å². The first-order chi connectivity index (χ1) is 8.08. The van der Waals surface area contributed by atoms with E-state index < -0.39 is 0 Å². The van der Waals surface area contributed by atoms with Crippen LogP contribution in [0.25, 0.3) is 0 Å². The Morgan fingerprint density at radius 2 is 2.00 bits per heavy atom. The second kappa shape index (κ2) is 7.43. The van der Waals surface area contributed by atoms with Crippen molar-refractivity contribution in [2.75, 3.05) is 14.2 Å². The van der Waals surface area contributed by atoms with E-state index in [1.165, 1.54) is 0 Å². The first kappa shape index (κ1) is 15.0. The van der Waals surface area contributed by atoms with Gasteiger partial charge in [0.25, 0.3) is 0 Å². The number of aromatic nitrogens is 1. The van der Waals surface area contributed by atoms with Gasteiger partial charge in [0.2, 0.25) is 0 Å². The molecule has 0 saturated carbocycles. The molecular formula is C11H16Br2N2O2. The van der Waals surface area contributed by atoms with E-state index in [1.807, 2.05) is 13.0 Å². The summed E-state index contributed by atoms with van der Waals surface area (Å²) >= 11 is 6.84. The van der Waals surface area contributed by atoms with Gasteiger partial charge in [0.15, 0.2) is 6.29 Å². The Hall–Kier alpha value is -0.0100. The maximum Gasteiger partial charge on any atom is 0.171 e. The number of nitrogens with zero attached hydrogens (tertiary/aromatic N) is 1. The highest BCUT2D eigenvalue weighted by Gasteiger charge is 2.15. The molecule has 1 unspecified atom stereocenters. The van der Waals surface area contributed by atoms with Gasteiger partial charge in [-0.3, -0.25) is 4.98 Å². The minimum absolute atomic E-state index is 0.0855. The summed E-state index contributed by atoms with van der Waals surface area (Å²) in [5, 5.41) is 3.30. The summed E-state index contributed by atoms with van der Waals surface area (Å²) in [7, 11) is 3.25. The van der Waals surface area contributed by atoms with Gasteiger partial charge < -0.3 is 14.8 Å². The zero-order valence-electron chi connectivity index (χ0n) is 10.0. The molecule has 0 aliphatic rings. The van der Waals surface area contributed by atoms with E-state index in [0.717, 1.165) is 14.6 Å². The van der Waals surface area contributed by atoms with Crippen LogP contribution in [0, 0.1) is 0 Å². The third-order valence-corrected chi connectivity index (χ3v) is 3.47. The lowest BCUT2D eigenvalue weighted by molar-refractivity contribution is -0.119. The monoisotopic (exact) mass is 366 g/mol. The molecule has 4 nitrogen and oxygen atoms in total.